The van der Waals surface area contributed by atoms with Gasteiger partial charge < -0.3 is 20.1 Å². The van der Waals surface area contributed by atoms with Gasteiger partial charge >= 0.3 is 6.09 Å². The van der Waals surface area contributed by atoms with Crippen molar-refractivity contribution in [3.63, 3.8) is 0 Å². The van der Waals surface area contributed by atoms with Crippen molar-refractivity contribution in [1.82, 2.24) is 24.8 Å². The van der Waals surface area contributed by atoms with E-state index in [2.05, 4.69) is 20.3 Å². The molecule has 1 saturated heterocycles. The third kappa shape index (κ3) is 4.86. The SMILES string of the molecule is CN(C)c1ccc(-c2cc3nccnc3c(NCC3OCCN(C(=O)O)C3C(C)(C)C)n2)cn1. The number of hydrogen-bond donors (Lipinski definition) is 2. The molecule has 0 bridgehead atoms. The monoisotopic (exact) mass is 465 g/mol. The lowest BCUT2D eigenvalue weighted by Gasteiger charge is -2.46. The van der Waals surface area contributed by atoms with E-state index >= 15 is 0 Å². The molecule has 1 aliphatic rings. The van der Waals surface area contributed by atoms with Gasteiger partial charge in [-0.2, -0.15) is 0 Å². The number of rotatable bonds is 5. The molecule has 34 heavy (non-hydrogen) atoms. The molecule has 0 aromatic carbocycles. The molecular formula is C24H31N7O3. The normalized spacial score (nSPS) is 18.7. The Hall–Kier alpha value is -3.53. The Bertz CT molecular complexity index is 1160. The van der Waals surface area contributed by atoms with E-state index in [0.29, 0.717) is 36.5 Å². The van der Waals surface area contributed by atoms with Gasteiger partial charge in [0.05, 0.1) is 30.0 Å². The first-order chi connectivity index (χ1) is 16.1. The van der Waals surface area contributed by atoms with Crippen LogP contribution in [-0.2, 0) is 4.74 Å². The summed E-state index contributed by atoms with van der Waals surface area (Å²) in [6, 6.07) is 5.49. The molecule has 2 N–H and O–H groups in total. The quantitative estimate of drug-likeness (QED) is 0.585. The van der Waals surface area contributed by atoms with Gasteiger partial charge in [0.2, 0.25) is 0 Å². The van der Waals surface area contributed by atoms with Gasteiger partial charge in [0, 0.05) is 51.3 Å². The second-order valence-electron chi connectivity index (χ2n) is 9.66. The van der Waals surface area contributed by atoms with E-state index < -0.39 is 6.09 Å². The minimum Gasteiger partial charge on any atom is -0.465 e. The maximum absolute atomic E-state index is 11.9. The number of fused-ring (bicyclic) bond motifs is 1. The average Bonchev–Trinajstić information content (AvgIpc) is 2.81. The number of ether oxygens (including phenoxy) is 1. The highest BCUT2D eigenvalue weighted by Crippen LogP contribution is 2.32. The Balaban J connectivity index is 1.65. The first-order valence-electron chi connectivity index (χ1n) is 11.3. The van der Waals surface area contributed by atoms with Crippen molar-refractivity contribution >= 4 is 28.8 Å². The van der Waals surface area contributed by atoms with E-state index in [1.54, 1.807) is 18.6 Å². The first-order valence-corrected chi connectivity index (χ1v) is 11.3. The zero-order chi connectivity index (χ0) is 24.5. The van der Waals surface area contributed by atoms with Gasteiger partial charge in [-0.1, -0.05) is 20.8 Å². The minimum absolute atomic E-state index is 0.303. The summed E-state index contributed by atoms with van der Waals surface area (Å²) in [7, 11) is 3.88. The van der Waals surface area contributed by atoms with E-state index in [1.165, 1.54) is 4.90 Å². The van der Waals surface area contributed by atoms with Gasteiger partial charge in [0.25, 0.3) is 0 Å². The average molecular weight is 466 g/mol. The molecule has 2 atom stereocenters. The largest absolute Gasteiger partial charge is 0.465 e. The van der Waals surface area contributed by atoms with E-state index in [0.717, 1.165) is 17.1 Å². The predicted molar refractivity (Wildman–Crippen MR) is 131 cm³/mol. The van der Waals surface area contributed by atoms with Crippen LogP contribution in [0.4, 0.5) is 16.4 Å². The summed E-state index contributed by atoms with van der Waals surface area (Å²) >= 11 is 0. The summed E-state index contributed by atoms with van der Waals surface area (Å²) < 4.78 is 6.04. The first kappa shape index (κ1) is 23.6. The van der Waals surface area contributed by atoms with Crippen LogP contribution in [0.5, 0.6) is 0 Å². The fraction of sp³-hybridized carbons (Fsp3) is 0.458. The summed E-state index contributed by atoms with van der Waals surface area (Å²) in [4.78, 5) is 33.6. The second kappa shape index (κ2) is 9.38. The van der Waals surface area contributed by atoms with Crippen LogP contribution in [0.15, 0.2) is 36.8 Å². The molecule has 2 unspecified atom stereocenters. The van der Waals surface area contributed by atoms with Crippen molar-refractivity contribution in [2.24, 2.45) is 5.41 Å². The summed E-state index contributed by atoms with van der Waals surface area (Å²) in [5.74, 6) is 1.43. The Morgan fingerprint density at radius 2 is 2.00 bits per heavy atom. The number of morpholine rings is 1. The van der Waals surface area contributed by atoms with Crippen molar-refractivity contribution in [2.75, 3.05) is 44.0 Å². The fourth-order valence-electron chi connectivity index (χ4n) is 4.39. The van der Waals surface area contributed by atoms with Crippen LogP contribution in [0.2, 0.25) is 0 Å². The minimum atomic E-state index is -0.932. The number of anilines is 2. The van der Waals surface area contributed by atoms with Crippen LogP contribution in [-0.4, -0.2) is 82.0 Å². The maximum Gasteiger partial charge on any atom is 0.407 e. The molecule has 4 heterocycles. The van der Waals surface area contributed by atoms with Gasteiger partial charge in [-0.25, -0.2) is 19.7 Å². The zero-order valence-corrected chi connectivity index (χ0v) is 20.2. The highest BCUT2D eigenvalue weighted by molar-refractivity contribution is 5.88. The molecule has 180 valence electrons. The van der Waals surface area contributed by atoms with Gasteiger partial charge in [-0.3, -0.25) is 9.88 Å². The van der Waals surface area contributed by atoms with Crippen molar-refractivity contribution in [2.45, 2.75) is 32.9 Å². The molecular weight excluding hydrogens is 434 g/mol. The van der Waals surface area contributed by atoms with Crippen LogP contribution in [0.25, 0.3) is 22.3 Å². The summed E-state index contributed by atoms with van der Waals surface area (Å²) in [6.07, 6.45) is 3.78. The van der Waals surface area contributed by atoms with Gasteiger partial charge in [-0.05, 0) is 23.6 Å². The molecule has 4 rings (SSSR count). The number of hydrogen-bond acceptors (Lipinski definition) is 8. The van der Waals surface area contributed by atoms with E-state index in [9.17, 15) is 9.90 Å². The second-order valence-corrected chi connectivity index (χ2v) is 9.66. The fourth-order valence-corrected chi connectivity index (χ4v) is 4.39. The molecule has 1 fully saturated rings. The number of nitrogens with one attached hydrogen (secondary N) is 1. The number of aromatic nitrogens is 4. The van der Waals surface area contributed by atoms with Gasteiger partial charge in [0.1, 0.15) is 11.3 Å². The summed E-state index contributed by atoms with van der Waals surface area (Å²) in [5, 5.41) is 13.1. The number of carboxylic acid groups (broad SMARTS) is 1. The molecule has 1 amide bonds. The highest BCUT2D eigenvalue weighted by Gasteiger charge is 2.42. The zero-order valence-electron chi connectivity index (χ0n) is 20.2. The van der Waals surface area contributed by atoms with E-state index in [4.69, 9.17) is 9.72 Å². The molecule has 0 radical (unpaired) electrons. The Kier molecular flexibility index (Phi) is 6.52. The van der Waals surface area contributed by atoms with E-state index in [1.807, 2.05) is 58.0 Å². The Labute approximate surface area is 199 Å². The molecule has 0 aliphatic carbocycles. The Morgan fingerprint density at radius 1 is 1.24 bits per heavy atom. The lowest BCUT2D eigenvalue weighted by molar-refractivity contribution is -0.0875. The third-order valence-electron chi connectivity index (χ3n) is 5.91. The van der Waals surface area contributed by atoms with Gasteiger partial charge in [0.15, 0.2) is 5.82 Å². The molecule has 10 heteroatoms. The number of carbonyl (C=O) groups is 1. The van der Waals surface area contributed by atoms with Crippen molar-refractivity contribution in [1.29, 1.82) is 0 Å². The molecule has 1 aliphatic heterocycles. The van der Waals surface area contributed by atoms with Crippen LogP contribution in [0.3, 0.4) is 0 Å². The summed E-state index contributed by atoms with van der Waals surface area (Å²) in [5.41, 5.74) is 2.62. The molecule has 0 saturated carbocycles. The number of nitrogens with zero attached hydrogens (tertiary/aromatic N) is 6. The topological polar surface area (TPSA) is 117 Å². The predicted octanol–water partition coefficient (Wildman–Crippen LogP) is 3.36. The van der Waals surface area contributed by atoms with Crippen LogP contribution < -0.4 is 10.2 Å². The van der Waals surface area contributed by atoms with Crippen molar-refractivity contribution < 1.29 is 14.6 Å². The number of pyridine rings is 2. The lowest BCUT2D eigenvalue weighted by atomic mass is 9.81. The lowest BCUT2D eigenvalue weighted by Crippen LogP contribution is -2.60. The maximum atomic E-state index is 11.9. The molecule has 10 nitrogen and oxygen atoms in total. The van der Waals surface area contributed by atoms with Crippen molar-refractivity contribution in [3.8, 4) is 11.3 Å². The molecule has 3 aromatic rings. The van der Waals surface area contributed by atoms with E-state index in [-0.39, 0.29) is 17.6 Å². The smallest absolute Gasteiger partial charge is 0.407 e. The van der Waals surface area contributed by atoms with Crippen LogP contribution in [0, 0.1) is 5.41 Å². The van der Waals surface area contributed by atoms with Crippen molar-refractivity contribution in [3.05, 3.63) is 36.8 Å². The Morgan fingerprint density at radius 3 is 2.65 bits per heavy atom. The molecule has 3 aromatic heterocycles. The van der Waals surface area contributed by atoms with Crippen LogP contribution >= 0.6 is 0 Å². The standard InChI is InChI=1S/C24H31N7O3/c1-24(2,3)21-18(34-11-10-31(21)23(32)33)14-28-22-20-17(25-8-9-26-20)12-16(29-22)15-6-7-19(27-13-15)30(4)5/h6-9,12-13,18,21H,10-11,14H2,1-5H3,(H,28,29)(H,32,33). The van der Waals surface area contributed by atoms with Crippen LogP contribution in [0.1, 0.15) is 20.8 Å². The molecule has 0 spiro atoms. The third-order valence-corrected chi connectivity index (χ3v) is 5.91. The summed E-state index contributed by atoms with van der Waals surface area (Å²) in [6.45, 7) is 7.17. The van der Waals surface area contributed by atoms with Gasteiger partial charge in [-0.15, -0.1) is 0 Å². The highest BCUT2D eigenvalue weighted by atomic mass is 16.5. The number of amides is 1.